The van der Waals surface area contributed by atoms with E-state index in [0.29, 0.717) is 22.0 Å². The molecule has 0 radical (unpaired) electrons. The Balaban J connectivity index is 1.76. The van der Waals surface area contributed by atoms with Crippen molar-refractivity contribution in [3.63, 3.8) is 0 Å². The van der Waals surface area contributed by atoms with E-state index < -0.39 is 10.8 Å². The van der Waals surface area contributed by atoms with Crippen molar-refractivity contribution in [2.45, 2.75) is 13.3 Å². The summed E-state index contributed by atoms with van der Waals surface area (Å²) in [5, 5.41) is 14.3. The number of halogens is 2. The van der Waals surface area contributed by atoms with Gasteiger partial charge in [0.25, 0.3) is 5.69 Å². The molecule has 3 rings (SSSR count). The highest BCUT2D eigenvalue weighted by Gasteiger charge is 2.36. The van der Waals surface area contributed by atoms with Gasteiger partial charge in [0, 0.05) is 30.3 Å². The average molecular weight is 408 g/mol. The Hall–Kier alpha value is -2.64. The van der Waals surface area contributed by atoms with E-state index in [1.54, 1.807) is 37.3 Å². The number of benzene rings is 2. The van der Waals surface area contributed by atoms with Gasteiger partial charge in [0.05, 0.1) is 26.6 Å². The van der Waals surface area contributed by atoms with Crippen LogP contribution >= 0.6 is 23.2 Å². The van der Waals surface area contributed by atoms with Crippen molar-refractivity contribution in [1.29, 1.82) is 0 Å². The standard InChI is InChI=1S/C18H15Cl2N3O4/c1-10-5-6-12(8-15(10)23(26)27)21-18(25)11-7-16(24)22(9-11)14-4-2-3-13(19)17(14)20/h2-6,8,11H,7,9H2,1H3,(H,21,25)/t11-/m0/s1. The fourth-order valence-electron chi connectivity index (χ4n) is 2.95. The highest BCUT2D eigenvalue weighted by Crippen LogP contribution is 2.36. The lowest BCUT2D eigenvalue weighted by Gasteiger charge is -2.18. The molecule has 1 aliphatic heterocycles. The topological polar surface area (TPSA) is 92.6 Å². The molecule has 0 aromatic heterocycles. The number of nitrogens with one attached hydrogen (secondary N) is 1. The fraction of sp³-hybridized carbons (Fsp3) is 0.222. The van der Waals surface area contributed by atoms with Crippen LogP contribution in [0.5, 0.6) is 0 Å². The number of carbonyl (C=O) groups excluding carboxylic acids is 2. The Kier molecular flexibility index (Phi) is 5.34. The molecule has 0 spiro atoms. The predicted octanol–water partition coefficient (Wildman–Crippen LogP) is 4.20. The summed E-state index contributed by atoms with van der Waals surface area (Å²) in [6, 6.07) is 9.40. The molecule has 27 heavy (non-hydrogen) atoms. The van der Waals surface area contributed by atoms with Gasteiger partial charge in [-0.2, -0.15) is 0 Å². The quantitative estimate of drug-likeness (QED) is 0.606. The van der Waals surface area contributed by atoms with E-state index in [0.717, 1.165) is 0 Å². The van der Waals surface area contributed by atoms with E-state index in [-0.39, 0.29) is 35.5 Å². The van der Waals surface area contributed by atoms with E-state index >= 15 is 0 Å². The van der Waals surface area contributed by atoms with Gasteiger partial charge >= 0.3 is 0 Å². The number of nitro groups is 1. The van der Waals surface area contributed by atoms with Crippen LogP contribution in [0.25, 0.3) is 0 Å². The molecule has 0 aliphatic carbocycles. The number of hydrogen-bond acceptors (Lipinski definition) is 4. The minimum absolute atomic E-state index is 0.0165. The highest BCUT2D eigenvalue weighted by molar-refractivity contribution is 6.44. The van der Waals surface area contributed by atoms with Crippen molar-refractivity contribution >= 4 is 52.1 Å². The molecular formula is C18H15Cl2N3O4. The van der Waals surface area contributed by atoms with Crippen molar-refractivity contribution in [1.82, 2.24) is 0 Å². The van der Waals surface area contributed by atoms with Crippen LogP contribution in [0.4, 0.5) is 17.1 Å². The van der Waals surface area contributed by atoms with Crippen molar-refractivity contribution in [3.05, 3.63) is 62.1 Å². The van der Waals surface area contributed by atoms with Crippen molar-refractivity contribution < 1.29 is 14.5 Å². The Morgan fingerprint density at radius 1 is 1.30 bits per heavy atom. The molecule has 2 aromatic rings. The smallest absolute Gasteiger partial charge is 0.274 e. The summed E-state index contributed by atoms with van der Waals surface area (Å²) in [6.45, 7) is 1.77. The molecule has 0 saturated carbocycles. The van der Waals surface area contributed by atoms with Crippen LogP contribution in [0, 0.1) is 23.0 Å². The van der Waals surface area contributed by atoms with Crippen molar-refractivity contribution in [2.24, 2.45) is 5.92 Å². The zero-order valence-corrected chi connectivity index (χ0v) is 15.8. The van der Waals surface area contributed by atoms with Crippen LogP contribution in [-0.4, -0.2) is 23.3 Å². The zero-order valence-electron chi connectivity index (χ0n) is 14.2. The average Bonchev–Trinajstić information content (AvgIpc) is 3.00. The third-order valence-electron chi connectivity index (χ3n) is 4.39. The largest absolute Gasteiger partial charge is 0.326 e. The van der Waals surface area contributed by atoms with Crippen LogP contribution in [-0.2, 0) is 9.59 Å². The van der Waals surface area contributed by atoms with Gasteiger partial charge in [0.2, 0.25) is 11.8 Å². The summed E-state index contributed by atoms with van der Waals surface area (Å²) in [6.07, 6.45) is 0.0165. The molecule has 140 valence electrons. The molecular weight excluding hydrogens is 393 g/mol. The first-order chi connectivity index (χ1) is 12.8. The molecule has 1 heterocycles. The molecule has 1 saturated heterocycles. The summed E-state index contributed by atoms with van der Waals surface area (Å²) in [7, 11) is 0. The first kappa shape index (κ1) is 19.1. The van der Waals surface area contributed by atoms with Crippen LogP contribution < -0.4 is 10.2 Å². The minimum atomic E-state index is -0.604. The number of amides is 2. The second kappa shape index (κ2) is 7.54. The summed E-state index contributed by atoms with van der Waals surface area (Å²) >= 11 is 12.2. The number of carbonyl (C=O) groups is 2. The maximum Gasteiger partial charge on any atom is 0.274 e. The third-order valence-corrected chi connectivity index (χ3v) is 5.20. The van der Waals surface area contributed by atoms with Crippen LogP contribution in [0.3, 0.4) is 0 Å². The SMILES string of the molecule is Cc1ccc(NC(=O)[C@H]2CC(=O)N(c3cccc(Cl)c3Cl)C2)cc1[N+](=O)[O-]. The van der Waals surface area contributed by atoms with Gasteiger partial charge in [-0.15, -0.1) is 0 Å². The summed E-state index contributed by atoms with van der Waals surface area (Å²) in [5.74, 6) is -1.23. The maximum atomic E-state index is 12.5. The molecule has 1 N–H and O–H groups in total. The van der Waals surface area contributed by atoms with E-state index in [1.807, 2.05) is 0 Å². The maximum absolute atomic E-state index is 12.5. The molecule has 2 amide bonds. The molecule has 7 nitrogen and oxygen atoms in total. The normalized spacial score (nSPS) is 16.5. The van der Waals surface area contributed by atoms with Gasteiger partial charge in [-0.1, -0.05) is 35.3 Å². The molecule has 0 unspecified atom stereocenters. The number of nitrogens with zero attached hydrogens (tertiary/aromatic N) is 2. The van der Waals surface area contributed by atoms with E-state index in [4.69, 9.17) is 23.2 Å². The van der Waals surface area contributed by atoms with Gasteiger partial charge in [-0.25, -0.2) is 0 Å². The second-order valence-electron chi connectivity index (χ2n) is 6.23. The van der Waals surface area contributed by atoms with Crippen LogP contribution in [0.15, 0.2) is 36.4 Å². The lowest BCUT2D eigenvalue weighted by Crippen LogP contribution is -2.28. The van der Waals surface area contributed by atoms with Gasteiger partial charge in [0.1, 0.15) is 0 Å². The summed E-state index contributed by atoms with van der Waals surface area (Å²) < 4.78 is 0. The van der Waals surface area contributed by atoms with Crippen molar-refractivity contribution in [3.8, 4) is 0 Å². The summed E-state index contributed by atoms with van der Waals surface area (Å²) in [4.78, 5) is 36.8. The third kappa shape index (κ3) is 3.89. The van der Waals surface area contributed by atoms with Gasteiger partial charge in [-0.05, 0) is 25.1 Å². The van der Waals surface area contributed by atoms with Gasteiger partial charge in [0.15, 0.2) is 0 Å². The molecule has 2 aromatic carbocycles. The van der Waals surface area contributed by atoms with E-state index in [9.17, 15) is 19.7 Å². The highest BCUT2D eigenvalue weighted by atomic mass is 35.5. The fourth-order valence-corrected chi connectivity index (χ4v) is 3.34. The Morgan fingerprint density at radius 2 is 2.04 bits per heavy atom. The molecule has 0 bridgehead atoms. The Bertz CT molecular complexity index is 948. The first-order valence-electron chi connectivity index (χ1n) is 8.08. The lowest BCUT2D eigenvalue weighted by atomic mass is 10.1. The number of hydrogen-bond donors (Lipinski definition) is 1. The van der Waals surface area contributed by atoms with E-state index in [1.165, 1.54) is 11.0 Å². The molecule has 9 heteroatoms. The number of aryl methyl sites for hydroxylation is 1. The number of nitro benzene ring substituents is 1. The first-order valence-corrected chi connectivity index (χ1v) is 8.84. The number of anilines is 2. The van der Waals surface area contributed by atoms with Crippen molar-refractivity contribution in [2.75, 3.05) is 16.8 Å². The minimum Gasteiger partial charge on any atom is -0.326 e. The monoisotopic (exact) mass is 407 g/mol. The predicted molar refractivity (Wildman–Crippen MR) is 103 cm³/mol. The zero-order chi connectivity index (χ0) is 19.7. The van der Waals surface area contributed by atoms with Gasteiger partial charge < -0.3 is 10.2 Å². The second-order valence-corrected chi connectivity index (χ2v) is 7.01. The summed E-state index contributed by atoms with van der Waals surface area (Å²) in [5.41, 5.74) is 1.18. The van der Waals surface area contributed by atoms with Crippen LogP contribution in [0.2, 0.25) is 10.0 Å². The molecule has 1 fully saturated rings. The lowest BCUT2D eigenvalue weighted by molar-refractivity contribution is -0.385. The Morgan fingerprint density at radius 3 is 2.74 bits per heavy atom. The van der Waals surface area contributed by atoms with Crippen LogP contribution in [0.1, 0.15) is 12.0 Å². The molecule has 1 atom stereocenters. The number of rotatable bonds is 4. The molecule has 1 aliphatic rings. The van der Waals surface area contributed by atoms with E-state index in [2.05, 4.69) is 5.32 Å². The van der Waals surface area contributed by atoms with Gasteiger partial charge in [-0.3, -0.25) is 19.7 Å². The Labute approximate surface area is 165 Å².